The molecule has 1 aromatic heterocycles. The van der Waals surface area contributed by atoms with E-state index >= 15 is 0 Å². The van der Waals surface area contributed by atoms with Crippen molar-refractivity contribution in [3.8, 4) is 0 Å². The molecule has 18 heavy (non-hydrogen) atoms. The van der Waals surface area contributed by atoms with Gasteiger partial charge in [-0.3, -0.25) is 9.80 Å². The van der Waals surface area contributed by atoms with Gasteiger partial charge in [0.05, 0.1) is 10.7 Å². The molecule has 3 heterocycles. The molecule has 2 fully saturated rings. The maximum atomic E-state index is 4.62. The zero-order valence-electron chi connectivity index (χ0n) is 11.4. The molecule has 2 aliphatic heterocycles. The highest BCUT2D eigenvalue weighted by atomic mass is 32.1. The topological polar surface area (TPSA) is 19.4 Å². The molecule has 2 aliphatic rings. The summed E-state index contributed by atoms with van der Waals surface area (Å²) in [6, 6.07) is 1.54. The largest absolute Gasteiger partial charge is 0.298 e. The molecule has 0 aliphatic carbocycles. The molecule has 4 heteroatoms. The van der Waals surface area contributed by atoms with Crippen LogP contribution in [0.25, 0.3) is 0 Å². The number of piperazine rings is 1. The van der Waals surface area contributed by atoms with Gasteiger partial charge < -0.3 is 0 Å². The third-order valence-electron chi connectivity index (χ3n) is 4.41. The van der Waals surface area contributed by atoms with Crippen LogP contribution in [0.15, 0.2) is 5.38 Å². The molecular formula is C14H23N3S. The fourth-order valence-corrected chi connectivity index (χ4v) is 4.02. The first kappa shape index (κ1) is 12.6. The van der Waals surface area contributed by atoms with Gasteiger partial charge in [-0.25, -0.2) is 4.98 Å². The summed E-state index contributed by atoms with van der Waals surface area (Å²) in [7, 11) is 0. The van der Waals surface area contributed by atoms with Crippen molar-refractivity contribution in [1.29, 1.82) is 0 Å². The van der Waals surface area contributed by atoms with Gasteiger partial charge in [0.25, 0.3) is 0 Å². The smallest absolute Gasteiger partial charge is 0.0897 e. The molecule has 0 radical (unpaired) electrons. The van der Waals surface area contributed by atoms with Crippen molar-refractivity contribution in [2.24, 2.45) is 0 Å². The molecule has 2 atom stereocenters. The second-order valence-electron chi connectivity index (χ2n) is 5.64. The van der Waals surface area contributed by atoms with Crippen LogP contribution in [-0.4, -0.2) is 46.5 Å². The Hall–Kier alpha value is -0.450. The number of aryl methyl sites for hydroxylation is 1. The quantitative estimate of drug-likeness (QED) is 0.837. The maximum absolute atomic E-state index is 4.62. The van der Waals surface area contributed by atoms with Crippen LogP contribution >= 0.6 is 11.3 Å². The van der Waals surface area contributed by atoms with Crippen molar-refractivity contribution >= 4 is 11.3 Å². The predicted octanol–water partition coefficient (Wildman–Crippen LogP) is 2.51. The highest BCUT2D eigenvalue weighted by Crippen LogP contribution is 2.27. The normalized spacial score (nSPS) is 29.7. The first-order valence-corrected chi connectivity index (χ1v) is 8.03. The number of hydrogen-bond acceptors (Lipinski definition) is 4. The van der Waals surface area contributed by atoms with Crippen LogP contribution in [0.5, 0.6) is 0 Å². The lowest BCUT2D eigenvalue weighted by molar-refractivity contribution is 0.0430. The molecule has 2 saturated heterocycles. The molecule has 0 bridgehead atoms. The molecule has 3 nitrogen and oxygen atoms in total. The van der Waals surface area contributed by atoms with Crippen LogP contribution in [0.4, 0.5) is 0 Å². The summed E-state index contributed by atoms with van der Waals surface area (Å²) in [6.45, 7) is 9.30. The lowest BCUT2D eigenvalue weighted by Crippen LogP contribution is -2.55. The van der Waals surface area contributed by atoms with Crippen LogP contribution in [-0.2, 0) is 6.54 Å². The summed E-state index contributed by atoms with van der Waals surface area (Å²) in [5.41, 5.74) is 1.27. The van der Waals surface area contributed by atoms with Crippen LogP contribution in [0.3, 0.4) is 0 Å². The van der Waals surface area contributed by atoms with Crippen molar-refractivity contribution in [1.82, 2.24) is 14.8 Å². The molecule has 2 unspecified atom stereocenters. The van der Waals surface area contributed by atoms with Crippen molar-refractivity contribution in [3.63, 3.8) is 0 Å². The minimum absolute atomic E-state index is 0.723. The number of fused-ring (bicyclic) bond motifs is 1. The van der Waals surface area contributed by atoms with Gasteiger partial charge in [0.15, 0.2) is 0 Å². The van der Waals surface area contributed by atoms with Crippen molar-refractivity contribution < 1.29 is 0 Å². The average molecular weight is 265 g/mol. The van der Waals surface area contributed by atoms with Gasteiger partial charge in [-0.15, -0.1) is 11.3 Å². The number of hydrogen-bond donors (Lipinski definition) is 0. The SMILES string of the molecule is CCC1CN2CCCC2CN1Cc1csc(C)n1. The van der Waals surface area contributed by atoms with E-state index in [1.807, 2.05) is 0 Å². The Bertz CT molecular complexity index is 403. The minimum atomic E-state index is 0.723. The third-order valence-corrected chi connectivity index (χ3v) is 5.23. The Kier molecular flexibility index (Phi) is 3.68. The Morgan fingerprint density at radius 3 is 3.06 bits per heavy atom. The van der Waals surface area contributed by atoms with Crippen LogP contribution in [0.2, 0.25) is 0 Å². The van der Waals surface area contributed by atoms with Crippen molar-refractivity contribution in [2.45, 2.75) is 51.7 Å². The second kappa shape index (κ2) is 5.27. The molecule has 0 N–H and O–H groups in total. The second-order valence-corrected chi connectivity index (χ2v) is 6.70. The summed E-state index contributed by atoms with van der Waals surface area (Å²) in [4.78, 5) is 10.00. The summed E-state index contributed by atoms with van der Waals surface area (Å²) >= 11 is 1.77. The van der Waals surface area contributed by atoms with E-state index in [4.69, 9.17) is 0 Å². The van der Waals surface area contributed by atoms with E-state index < -0.39 is 0 Å². The Balaban J connectivity index is 1.69. The fraction of sp³-hybridized carbons (Fsp3) is 0.786. The number of nitrogens with zero attached hydrogens (tertiary/aromatic N) is 3. The van der Waals surface area contributed by atoms with Crippen LogP contribution in [0.1, 0.15) is 36.9 Å². The van der Waals surface area contributed by atoms with Gasteiger partial charge in [0.2, 0.25) is 0 Å². The van der Waals surface area contributed by atoms with E-state index in [0.29, 0.717) is 0 Å². The molecular weight excluding hydrogens is 242 g/mol. The lowest BCUT2D eigenvalue weighted by atomic mass is 10.0. The zero-order chi connectivity index (χ0) is 12.5. The number of rotatable bonds is 3. The zero-order valence-corrected chi connectivity index (χ0v) is 12.2. The van der Waals surface area contributed by atoms with Crippen molar-refractivity contribution in [3.05, 3.63) is 16.1 Å². The number of aromatic nitrogens is 1. The van der Waals surface area contributed by atoms with Crippen LogP contribution < -0.4 is 0 Å². The Morgan fingerprint density at radius 1 is 1.44 bits per heavy atom. The molecule has 100 valence electrons. The summed E-state index contributed by atoms with van der Waals surface area (Å²) < 4.78 is 0. The Morgan fingerprint density at radius 2 is 2.33 bits per heavy atom. The monoisotopic (exact) mass is 265 g/mol. The van der Waals surface area contributed by atoms with E-state index in [9.17, 15) is 0 Å². The average Bonchev–Trinajstić information content (AvgIpc) is 2.97. The van der Waals surface area contributed by atoms with E-state index in [0.717, 1.165) is 18.6 Å². The lowest BCUT2D eigenvalue weighted by Gasteiger charge is -2.43. The summed E-state index contributed by atoms with van der Waals surface area (Å²) in [6.07, 6.45) is 4.04. The standard InChI is InChI=1S/C14H23N3S/c1-3-13-8-16-6-4-5-14(16)9-17(13)7-12-10-18-11(2)15-12/h10,13-14H,3-9H2,1-2H3. The first-order chi connectivity index (χ1) is 8.76. The number of thiazole rings is 1. The molecule has 1 aromatic rings. The first-order valence-electron chi connectivity index (χ1n) is 7.15. The molecule has 3 rings (SSSR count). The van der Waals surface area contributed by atoms with E-state index in [-0.39, 0.29) is 0 Å². The van der Waals surface area contributed by atoms with Gasteiger partial charge >= 0.3 is 0 Å². The highest BCUT2D eigenvalue weighted by Gasteiger charge is 2.35. The van der Waals surface area contributed by atoms with Gasteiger partial charge in [0, 0.05) is 37.1 Å². The van der Waals surface area contributed by atoms with Gasteiger partial charge in [-0.2, -0.15) is 0 Å². The Labute approximate surface area is 114 Å². The molecule has 0 aromatic carbocycles. The summed E-state index contributed by atoms with van der Waals surface area (Å²) in [5, 5.41) is 3.42. The maximum Gasteiger partial charge on any atom is 0.0897 e. The van der Waals surface area contributed by atoms with Gasteiger partial charge in [0.1, 0.15) is 0 Å². The van der Waals surface area contributed by atoms with E-state index in [1.54, 1.807) is 11.3 Å². The summed E-state index contributed by atoms with van der Waals surface area (Å²) in [5.74, 6) is 0. The molecule has 0 spiro atoms. The predicted molar refractivity (Wildman–Crippen MR) is 75.9 cm³/mol. The molecule has 0 amide bonds. The molecule has 0 saturated carbocycles. The fourth-order valence-electron chi connectivity index (χ4n) is 3.42. The van der Waals surface area contributed by atoms with E-state index in [1.165, 1.54) is 49.6 Å². The van der Waals surface area contributed by atoms with Gasteiger partial charge in [-0.05, 0) is 32.7 Å². The van der Waals surface area contributed by atoms with Crippen molar-refractivity contribution in [2.75, 3.05) is 19.6 Å². The van der Waals surface area contributed by atoms with E-state index in [2.05, 4.69) is 34.0 Å². The van der Waals surface area contributed by atoms with Gasteiger partial charge in [-0.1, -0.05) is 6.92 Å². The third kappa shape index (κ3) is 2.46. The minimum Gasteiger partial charge on any atom is -0.298 e. The highest BCUT2D eigenvalue weighted by molar-refractivity contribution is 7.09. The van der Waals surface area contributed by atoms with Crippen LogP contribution in [0, 0.1) is 6.92 Å².